The highest BCUT2D eigenvalue weighted by Gasteiger charge is 2.22. The zero-order valence-corrected chi connectivity index (χ0v) is 15.0. The van der Waals surface area contributed by atoms with Crippen LogP contribution in [0.1, 0.15) is 11.1 Å². The van der Waals surface area contributed by atoms with Gasteiger partial charge in [-0.05, 0) is 17.5 Å². The number of rotatable bonds is 7. The molecule has 1 fully saturated rings. The Morgan fingerprint density at radius 3 is 2.46 bits per heavy atom. The van der Waals surface area contributed by atoms with Crippen molar-refractivity contribution in [2.45, 2.75) is 25.1 Å². The maximum absolute atomic E-state index is 12.3. The van der Waals surface area contributed by atoms with E-state index in [0.29, 0.717) is 19.6 Å². The molecule has 2 aromatic carbocycles. The molecule has 0 saturated carbocycles. The van der Waals surface area contributed by atoms with Crippen LogP contribution in [0, 0.1) is 0 Å². The Bertz CT molecular complexity index is 678. The number of carbonyl (C=O) groups excluding carboxylic acids is 1. The quantitative estimate of drug-likeness (QED) is 0.793. The summed E-state index contributed by atoms with van der Waals surface area (Å²) in [5, 5.41) is 2.94. The summed E-state index contributed by atoms with van der Waals surface area (Å²) in [6.45, 7) is 3.80. The first kappa shape index (κ1) is 18.6. The van der Waals surface area contributed by atoms with Crippen molar-refractivity contribution in [2.75, 3.05) is 26.2 Å². The van der Waals surface area contributed by atoms with Crippen LogP contribution in [-0.4, -0.2) is 49.2 Å². The van der Waals surface area contributed by atoms with Gasteiger partial charge < -0.3 is 15.8 Å². The Hall–Kier alpha value is -2.21. The summed E-state index contributed by atoms with van der Waals surface area (Å²) in [5.41, 5.74) is 8.39. The van der Waals surface area contributed by atoms with Crippen LogP contribution in [0.4, 0.5) is 0 Å². The first-order chi connectivity index (χ1) is 12.7. The van der Waals surface area contributed by atoms with Crippen molar-refractivity contribution in [1.29, 1.82) is 0 Å². The summed E-state index contributed by atoms with van der Waals surface area (Å²) in [5.74, 6) is -0.127. The molecule has 0 bridgehead atoms. The van der Waals surface area contributed by atoms with Gasteiger partial charge in [-0.3, -0.25) is 9.69 Å². The van der Waals surface area contributed by atoms with Crippen molar-refractivity contribution in [3.8, 4) is 0 Å². The number of hydrogen-bond acceptors (Lipinski definition) is 4. The number of morpholine rings is 1. The van der Waals surface area contributed by atoms with E-state index in [0.717, 1.165) is 25.2 Å². The minimum Gasteiger partial charge on any atom is -0.374 e. The molecule has 0 radical (unpaired) electrons. The van der Waals surface area contributed by atoms with E-state index in [1.807, 2.05) is 36.4 Å². The topological polar surface area (TPSA) is 67.6 Å². The third kappa shape index (κ3) is 5.66. The summed E-state index contributed by atoms with van der Waals surface area (Å²) in [6, 6.07) is 19.7. The van der Waals surface area contributed by atoms with E-state index < -0.39 is 6.04 Å². The highest BCUT2D eigenvalue weighted by atomic mass is 16.5. The van der Waals surface area contributed by atoms with E-state index in [2.05, 4.69) is 34.5 Å². The van der Waals surface area contributed by atoms with Crippen LogP contribution < -0.4 is 11.1 Å². The number of nitrogens with two attached hydrogens (primary N) is 1. The molecular weight excluding hydrogens is 326 g/mol. The standard InChI is InChI=1S/C21H27N3O2/c22-20(13-17-7-3-1-4-8-17)21(25)23-14-19-16-24(11-12-26-19)15-18-9-5-2-6-10-18/h1-10,19-20H,11-16,22H2,(H,23,25)/t19?,20-/m0/s1. The lowest BCUT2D eigenvalue weighted by molar-refractivity contribution is -0.123. The van der Waals surface area contributed by atoms with Crippen LogP contribution in [0.3, 0.4) is 0 Å². The van der Waals surface area contributed by atoms with Gasteiger partial charge in [0.05, 0.1) is 18.8 Å². The molecular formula is C21H27N3O2. The van der Waals surface area contributed by atoms with Gasteiger partial charge in [0.25, 0.3) is 0 Å². The number of hydrogen-bond donors (Lipinski definition) is 2. The molecule has 1 aliphatic heterocycles. The second kappa shape index (κ2) is 9.48. The predicted molar refractivity (Wildman–Crippen MR) is 103 cm³/mol. The van der Waals surface area contributed by atoms with Crippen LogP contribution in [0.2, 0.25) is 0 Å². The molecule has 1 aliphatic rings. The largest absolute Gasteiger partial charge is 0.374 e. The molecule has 0 aliphatic carbocycles. The van der Waals surface area contributed by atoms with Gasteiger partial charge in [0.2, 0.25) is 5.91 Å². The third-order valence-electron chi connectivity index (χ3n) is 4.61. The minimum atomic E-state index is -0.540. The molecule has 138 valence electrons. The number of nitrogens with one attached hydrogen (secondary N) is 1. The highest BCUT2D eigenvalue weighted by molar-refractivity contribution is 5.81. The molecule has 1 heterocycles. The number of carbonyl (C=O) groups is 1. The monoisotopic (exact) mass is 353 g/mol. The van der Waals surface area contributed by atoms with Gasteiger partial charge in [-0.15, -0.1) is 0 Å². The Labute approximate surface area is 155 Å². The summed E-state index contributed by atoms with van der Waals surface area (Å²) in [7, 11) is 0. The first-order valence-corrected chi connectivity index (χ1v) is 9.16. The molecule has 3 N–H and O–H groups in total. The molecule has 2 aromatic rings. The lowest BCUT2D eigenvalue weighted by atomic mass is 10.1. The molecule has 5 nitrogen and oxygen atoms in total. The zero-order valence-electron chi connectivity index (χ0n) is 15.0. The fraction of sp³-hybridized carbons (Fsp3) is 0.381. The molecule has 0 spiro atoms. The molecule has 1 amide bonds. The van der Waals surface area contributed by atoms with E-state index in [1.54, 1.807) is 0 Å². The average molecular weight is 353 g/mol. The Kier molecular flexibility index (Phi) is 6.77. The number of benzene rings is 2. The highest BCUT2D eigenvalue weighted by Crippen LogP contribution is 2.10. The molecule has 2 atom stereocenters. The van der Waals surface area contributed by atoms with E-state index in [1.165, 1.54) is 5.56 Å². The van der Waals surface area contributed by atoms with E-state index >= 15 is 0 Å². The summed E-state index contributed by atoms with van der Waals surface area (Å²) < 4.78 is 5.80. The molecule has 1 unspecified atom stereocenters. The number of nitrogens with zero attached hydrogens (tertiary/aromatic N) is 1. The molecule has 5 heteroatoms. The van der Waals surface area contributed by atoms with Gasteiger partial charge in [0.1, 0.15) is 0 Å². The normalized spacial score (nSPS) is 19.0. The van der Waals surface area contributed by atoms with Crippen molar-refractivity contribution in [1.82, 2.24) is 10.2 Å². The molecule has 26 heavy (non-hydrogen) atoms. The molecule has 0 aromatic heterocycles. The van der Waals surface area contributed by atoms with Crippen molar-refractivity contribution < 1.29 is 9.53 Å². The number of amides is 1. The first-order valence-electron chi connectivity index (χ1n) is 9.16. The van der Waals surface area contributed by atoms with Gasteiger partial charge in [0, 0.05) is 26.2 Å². The number of ether oxygens (including phenoxy) is 1. The molecule has 3 rings (SSSR count). The lowest BCUT2D eigenvalue weighted by Crippen LogP contribution is -2.50. The SMILES string of the molecule is N[C@@H](Cc1ccccc1)C(=O)NCC1CN(Cc2ccccc2)CCO1. The lowest BCUT2D eigenvalue weighted by Gasteiger charge is -2.33. The van der Waals surface area contributed by atoms with Gasteiger partial charge in [-0.25, -0.2) is 0 Å². The molecule has 1 saturated heterocycles. The van der Waals surface area contributed by atoms with Gasteiger partial charge in [0.15, 0.2) is 0 Å². The van der Waals surface area contributed by atoms with Gasteiger partial charge in [-0.2, -0.15) is 0 Å². The summed E-state index contributed by atoms with van der Waals surface area (Å²) in [6.07, 6.45) is 0.540. The van der Waals surface area contributed by atoms with Crippen molar-refractivity contribution in [3.63, 3.8) is 0 Å². The predicted octanol–water partition coefficient (Wildman–Crippen LogP) is 1.57. The van der Waals surface area contributed by atoms with Crippen LogP contribution in [0.15, 0.2) is 60.7 Å². The average Bonchev–Trinajstić information content (AvgIpc) is 2.68. The van der Waals surface area contributed by atoms with Gasteiger partial charge in [-0.1, -0.05) is 60.7 Å². The summed E-state index contributed by atoms with van der Waals surface area (Å²) >= 11 is 0. The maximum atomic E-state index is 12.3. The van der Waals surface area contributed by atoms with E-state index in [-0.39, 0.29) is 12.0 Å². The van der Waals surface area contributed by atoms with Crippen LogP contribution in [0.5, 0.6) is 0 Å². The smallest absolute Gasteiger partial charge is 0.237 e. The van der Waals surface area contributed by atoms with E-state index in [9.17, 15) is 4.79 Å². The van der Waals surface area contributed by atoms with Crippen molar-refractivity contribution in [3.05, 3.63) is 71.8 Å². The van der Waals surface area contributed by atoms with Gasteiger partial charge >= 0.3 is 0 Å². The fourth-order valence-corrected chi connectivity index (χ4v) is 3.20. The fourth-order valence-electron chi connectivity index (χ4n) is 3.20. The third-order valence-corrected chi connectivity index (χ3v) is 4.61. The van der Waals surface area contributed by atoms with Crippen molar-refractivity contribution in [2.24, 2.45) is 5.73 Å². The minimum absolute atomic E-state index is 0.000313. The zero-order chi connectivity index (χ0) is 18.2. The Morgan fingerprint density at radius 2 is 1.77 bits per heavy atom. The Balaban J connectivity index is 1.42. The van der Waals surface area contributed by atoms with Crippen LogP contribution >= 0.6 is 0 Å². The maximum Gasteiger partial charge on any atom is 0.237 e. The van der Waals surface area contributed by atoms with Crippen LogP contribution in [0.25, 0.3) is 0 Å². The Morgan fingerprint density at radius 1 is 1.12 bits per heavy atom. The second-order valence-corrected chi connectivity index (χ2v) is 6.75. The van der Waals surface area contributed by atoms with Crippen molar-refractivity contribution >= 4 is 5.91 Å². The summed E-state index contributed by atoms with van der Waals surface area (Å²) in [4.78, 5) is 14.6. The van der Waals surface area contributed by atoms with Crippen LogP contribution in [-0.2, 0) is 22.5 Å². The van der Waals surface area contributed by atoms with E-state index in [4.69, 9.17) is 10.5 Å². The second-order valence-electron chi connectivity index (χ2n) is 6.75.